The first-order valence-electron chi connectivity index (χ1n) is 26.4. The molecule has 12 rings (SSSR count). The Morgan fingerprint density at radius 3 is 1.24 bits per heavy atom. The number of rotatable bonds is 8. The van der Waals surface area contributed by atoms with Gasteiger partial charge in [-0.1, -0.05) is 24.3 Å². The summed E-state index contributed by atoms with van der Waals surface area (Å²) in [5.41, 5.74) is 15.8. The van der Waals surface area contributed by atoms with Crippen LogP contribution in [0.5, 0.6) is 46.3 Å². The first kappa shape index (κ1) is 59.3. The molecule has 0 amide bonds. The summed E-state index contributed by atoms with van der Waals surface area (Å²) in [6.07, 6.45) is 0. The maximum atomic E-state index is 9.61. The Hall–Kier alpha value is -9.28. The average Bonchev–Trinajstić information content (AvgIpc) is 4.12. The topological polar surface area (TPSA) is 198 Å². The largest absolute Gasteiger partial charge is 0.491 e. The van der Waals surface area contributed by atoms with Crippen molar-refractivity contribution in [2.75, 3.05) is 0 Å². The van der Waals surface area contributed by atoms with Crippen molar-refractivity contribution in [3.05, 3.63) is 222 Å². The lowest BCUT2D eigenvalue weighted by Gasteiger charge is -2.11. The fourth-order valence-corrected chi connectivity index (χ4v) is 9.63. The number of aryl methyl sites for hydroxylation is 8. The van der Waals surface area contributed by atoms with Gasteiger partial charge in [0, 0.05) is 17.0 Å². The third kappa shape index (κ3) is 13.5. The Morgan fingerprint density at radius 1 is 0.381 bits per heavy atom. The number of pyridine rings is 2. The van der Waals surface area contributed by atoms with Crippen LogP contribution in [-0.4, -0.2) is 58.5 Å². The molecule has 4 aliphatic rings. The molecule has 18 nitrogen and oxygen atoms in total. The van der Waals surface area contributed by atoms with Crippen LogP contribution >= 0.6 is 0 Å². The highest BCUT2D eigenvalue weighted by atomic mass is 16.5. The Labute approximate surface area is 488 Å². The molecule has 0 saturated carbocycles. The molecule has 0 saturated heterocycles. The Kier molecular flexibility index (Phi) is 18.3. The van der Waals surface area contributed by atoms with Crippen LogP contribution < -0.4 is 40.8 Å². The maximum absolute atomic E-state index is 9.61. The monoisotopic (exact) mass is 1120 g/mol. The minimum absolute atomic E-state index is 0.371. The van der Waals surface area contributed by atoms with Gasteiger partial charge in [-0.2, -0.15) is 0 Å². The number of aromatic nitrogens is 2. The number of benzene rings is 6. The van der Waals surface area contributed by atoms with E-state index in [9.17, 15) is 20.1 Å². The predicted molar refractivity (Wildman–Crippen MR) is 320 cm³/mol. The third-order valence-electron chi connectivity index (χ3n) is 14.1. The van der Waals surface area contributed by atoms with Gasteiger partial charge in [-0.3, -0.25) is 0 Å². The SMILES string of the molecule is [C-]#[N+]c1c(C)cc(Oc2ccc3c(c2)COB3O)cc1C.[C-]#[N+]c1c(C)cc(Oc2ccc3c(c2)COB3O)nc1C.[C-]#[N+]c1cc(C)c(Oc2ccc3c(c2)COB3O)cc1C.[C-]#[N+]c1cc(C)c(Oc2ccc3c(c2)COB3O)nc1C. The van der Waals surface area contributed by atoms with E-state index in [1.54, 1.807) is 50.2 Å². The molecule has 0 spiro atoms. The Balaban J connectivity index is 0.000000134. The van der Waals surface area contributed by atoms with Crippen LogP contribution in [0.3, 0.4) is 0 Å². The van der Waals surface area contributed by atoms with Gasteiger partial charge in [0.2, 0.25) is 23.1 Å². The number of hydrogen-bond acceptors (Lipinski definition) is 14. The lowest BCUT2D eigenvalue weighted by molar-refractivity contribution is 0.274. The van der Waals surface area contributed by atoms with E-state index in [2.05, 4.69) is 29.3 Å². The molecular weight excluding hydrogens is 1060 g/mol. The second-order valence-electron chi connectivity index (χ2n) is 20.2. The van der Waals surface area contributed by atoms with E-state index in [0.717, 1.165) is 83.2 Å². The Morgan fingerprint density at radius 2 is 0.798 bits per heavy atom. The maximum Gasteiger partial charge on any atom is 0.491 e. The lowest BCUT2D eigenvalue weighted by Crippen LogP contribution is -2.27. The van der Waals surface area contributed by atoms with Crippen LogP contribution in [0.25, 0.3) is 19.4 Å². The van der Waals surface area contributed by atoms with Crippen LogP contribution in [0.2, 0.25) is 0 Å². The average molecular weight is 1120 g/mol. The van der Waals surface area contributed by atoms with Gasteiger partial charge >= 0.3 is 28.5 Å². The van der Waals surface area contributed by atoms with Crippen molar-refractivity contribution in [3.8, 4) is 46.3 Å². The molecule has 6 heterocycles. The van der Waals surface area contributed by atoms with Gasteiger partial charge in [0.25, 0.3) is 0 Å². The van der Waals surface area contributed by atoms with E-state index in [1.807, 2.05) is 114 Å². The summed E-state index contributed by atoms with van der Waals surface area (Å²) in [7, 11) is -3.38. The summed E-state index contributed by atoms with van der Waals surface area (Å²) in [4.78, 5) is 22.5. The lowest BCUT2D eigenvalue weighted by atomic mass is 9.79. The molecule has 6 aromatic carbocycles. The standard InChI is InChI=1S/2C16H14BNO3.2C15H13BN2O3/c1-10-7-16(11(2)6-15(10)18-3)21-13-4-5-14-12(8-13)9-20-17(14)19;1-10-6-14(7-11(2)16(10)18-3)21-13-4-5-15-12(8-13)9-20-17(15)19;1-9-6-14(18-10(2)15(9)17-3)21-12-4-5-13-11(7-12)8-20-16(13)19;1-9-6-14(17-3)10(2)18-15(9)21-12-4-5-13-11(7-12)8-20-16(13)19/h2*4-8,19H,9H2,1-2H3;2*4-7,19H,8H2,1-2H3. The molecule has 0 bridgehead atoms. The molecule has 2 aromatic heterocycles. The van der Waals surface area contributed by atoms with E-state index in [0.29, 0.717) is 101 Å². The molecule has 84 heavy (non-hydrogen) atoms. The summed E-state index contributed by atoms with van der Waals surface area (Å²) >= 11 is 0. The summed E-state index contributed by atoms with van der Waals surface area (Å²) < 4.78 is 44.0. The van der Waals surface area contributed by atoms with Crippen molar-refractivity contribution in [3.63, 3.8) is 0 Å². The predicted octanol–water partition coefficient (Wildman–Crippen LogP) is 10.2. The number of nitrogens with zero attached hydrogens (tertiary/aromatic N) is 6. The summed E-state index contributed by atoms with van der Waals surface area (Å²) in [5, 5.41) is 38.4. The number of ether oxygens (including phenoxy) is 4. The molecule has 4 N–H and O–H groups in total. The van der Waals surface area contributed by atoms with Crippen LogP contribution in [0.1, 0.15) is 67.0 Å². The van der Waals surface area contributed by atoms with Gasteiger partial charge in [-0.25, -0.2) is 29.3 Å². The van der Waals surface area contributed by atoms with E-state index in [1.165, 1.54) is 0 Å². The molecule has 22 heteroatoms. The van der Waals surface area contributed by atoms with E-state index >= 15 is 0 Å². The normalized spacial score (nSPS) is 13.0. The van der Waals surface area contributed by atoms with Crippen molar-refractivity contribution in [2.24, 2.45) is 0 Å². The quantitative estimate of drug-likeness (QED) is 0.0828. The van der Waals surface area contributed by atoms with Gasteiger partial charge in [-0.05, 0) is 212 Å². The minimum atomic E-state index is -0.853. The second-order valence-corrected chi connectivity index (χ2v) is 20.2. The van der Waals surface area contributed by atoms with Crippen molar-refractivity contribution in [1.29, 1.82) is 0 Å². The highest BCUT2D eigenvalue weighted by Crippen LogP contribution is 2.35. The molecule has 0 unspecified atom stereocenters. The van der Waals surface area contributed by atoms with Crippen molar-refractivity contribution in [1.82, 2.24) is 9.97 Å². The van der Waals surface area contributed by atoms with Crippen molar-refractivity contribution in [2.45, 2.75) is 81.8 Å². The molecule has 0 aliphatic carbocycles. The van der Waals surface area contributed by atoms with Gasteiger partial charge < -0.3 is 57.7 Å². The molecule has 8 aromatic rings. The summed E-state index contributed by atoms with van der Waals surface area (Å²) in [5.74, 6) is 5.04. The highest BCUT2D eigenvalue weighted by molar-refractivity contribution is 6.62. The van der Waals surface area contributed by atoms with E-state index < -0.39 is 28.5 Å². The number of fused-ring (bicyclic) bond motifs is 4. The van der Waals surface area contributed by atoms with Crippen LogP contribution in [-0.2, 0) is 45.0 Å². The fourth-order valence-electron chi connectivity index (χ4n) is 9.63. The molecule has 416 valence electrons. The third-order valence-corrected chi connectivity index (χ3v) is 14.1. The van der Waals surface area contributed by atoms with Gasteiger partial charge in [0.15, 0.2) is 11.4 Å². The van der Waals surface area contributed by atoms with E-state index in [4.69, 9.17) is 63.9 Å². The van der Waals surface area contributed by atoms with Crippen molar-refractivity contribution < 1.29 is 57.7 Å². The Bertz CT molecular complexity index is 3740. The fraction of sp³-hybridized carbons (Fsp3) is 0.194. The van der Waals surface area contributed by atoms with Gasteiger partial charge in [0.05, 0.1) is 52.7 Å². The minimum Gasteiger partial charge on any atom is -0.457 e. The van der Waals surface area contributed by atoms with Crippen LogP contribution in [0.15, 0.2) is 109 Å². The summed E-state index contributed by atoms with van der Waals surface area (Å²) in [6, 6.07) is 32.7. The smallest absolute Gasteiger partial charge is 0.457 e. The van der Waals surface area contributed by atoms with Gasteiger partial charge in [-0.15, -0.1) is 0 Å². The molecule has 0 fully saturated rings. The van der Waals surface area contributed by atoms with Crippen LogP contribution in [0, 0.1) is 81.7 Å². The van der Waals surface area contributed by atoms with Crippen LogP contribution in [0.4, 0.5) is 22.7 Å². The second kappa shape index (κ2) is 25.9. The molecule has 0 atom stereocenters. The first-order valence-corrected chi connectivity index (χ1v) is 26.4. The highest BCUT2D eigenvalue weighted by Gasteiger charge is 2.30. The zero-order valence-electron chi connectivity index (χ0n) is 47.3. The van der Waals surface area contributed by atoms with Crippen molar-refractivity contribution >= 4 is 73.1 Å². The first-order chi connectivity index (χ1) is 40.3. The summed E-state index contributed by atoms with van der Waals surface area (Å²) in [6.45, 7) is 44.9. The zero-order valence-corrected chi connectivity index (χ0v) is 47.3. The number of hydrogen-bond donors (Lipinski definition) is 4. The molecule has 4 aliphatic heterocycles. The zero-order chi connectivity index (χ0) is 59.9. The molecular formula is C62H54B4N6O12. The van der Waals surface area contributed by atoms with E-state index in [-0.39, 0.29) is 0 Å². The molecule has 0 radical (unpaired) electrons. The van der Waals surface area contributed by atoms with Gasteiger partial charge in [0.1, 0.15) is 34.5 Å².